The molecular formula is C17H28O3. The molecule has 2 N–H and O–H groups in total. The number of hydrogen-bond donors (Lipinski definition) is 2. The molecule has 0 aromatic heterocycles. The summed E-state index contributed by atoms with van der Waals surface area (Å²) in [5.74, 6) is 0.385. The van der Waals surface area contributed by atoms with Crippen LogP contribution in [0.4, 0.5) is 0 Å². The Kier molecular flexibility index (Phi) is 5.22. The van der Waals surface area contributed by atoms with E-state index in [0.717, 1.165) is 16.7 Å². The van der Waals surface area contributed by atoms with Crippen LogP contribution in [0, 0.1) is 0 Å². The van der Waals surface area contributed by atoms with E-state index in [4.69, 9.17) is 9.84 Å². The van der Waals surface area contributed by atoms with Crippen LogP contribution >= 0.6 is 0 Å². The Morgan fingerprint density at radius 2 is 1.40 bits per heavy atom. The second kappa shape index (κ2) is 6.15. The van der Waals surface area contributed by atoms with E-state index in [1.807, 2.05) is 12.1 Å². The number of ether oxygens (including phenoxy) is 1. The number of aromatic hydroxyl groups is 1. The van der Waals surface area contributed by atoms with E-state index in [2.05, 4.69) is 41.5 Å². The number of aliphatic hydroxyl groups excluding tert-OH is 1. The number of phenolic OH excluding ortho intramolecular Hbond substituents is 1. The Labute approximate surface area is 122 Å². The highest BCUT2D eigenvalue weighted by atomic mass is 16.5. The molecule has 0 aliphatic rings. The van der Waals surface area contributed by atoms with Gasteiger partial charge in [0.25, 0.3) is 0 Å². The van der Waals surface area contributed by atoms with E-state index in [1.165, 1.54) is 0 Å². The standard InChI is InChI=1S/C17H28O3/c1-16(2,3)13-9-12(11-20-8-7-18)10-14(15(13)19)17(4,5)6/h9-10,18-19H,7-8,11H2,1-6H3. The van der Waals surface area contributed by atoms with Crippen LogP contribution in [0.25, 0.3) is 0 Å². The van der Waals surface area contributed by atoms with Crippen LogP contribution in [0.2, 0.25) is 0 Å². The summed E-state index contributed by atoms with van der Waals surface area (Å²) in [6.07, 6.45) is 0. The number of aliphatic hydroxyl groups is 1. The SMILES string of the molecule is CC(C)(C)c1cc(COCCO)cc(C(C)(C)C)c1O. The maximum atomic E-state index is 10.6. The smallest absolute Gasteiger partial charge is 0.123 e. The van der Waals surface area contributed by atoms with Crippen molar-refractivity contribution in [3.8, 4) is 5.75 Å². The van der Waals surface area contributed by atoms with Gasteiger partial charge in [0.05, 0.1) is 19.8 Å². The van der Waals surface area contributed by atoms with E-state index in [0.29, 0.717) is 19.0 Å². The Morgan fingerprint density at radius 1 is 0.950 bits per heavy atom. The summed E-state index contributed by atoms with van der Waals surface area (Å²) in [6.45, 7) is 13.3. The Bertz CT molecular complexity index is 415. The average Bonchev–Trinajstić information content (AvgIpc) is 2.28. The topological polar surface area (TPSA) is 49.7 Å². The summed E-state index contributed by atoms with van der Waals surface area (Å²) in [4.78, 5) is 0. The molecule has 0 spiro atoms. The maximum Gasteiger partial charge on any atom is 0.123 e. The molecule has 0 aliphatic heterocycles. The van der Waals surface area contributed by atoms with Crippen LogP contribution in [0.15, 0.2) is 12.1 Å². The van der Waals surface area contributed by atoms with Crippen molar-refractivity contribution in [3.05, 3.63) is 28.8 Å². The summed E-state index contributed by atoms with van der Waals surface area (Å²) in [5, 5.41) is 19.4. The molecule has 0 radical (unpaired) electrons. The molecule has 0 unspecified atom stereocenters. The van der Waals surface area contributed by atoms with Gasteiger partial charge in [-0.3, -0.25) is 0 Å². The quantitative estimate of drug-likeness (QED) is 0.830. The normalized spacial score (nSPS) is 12.8. The third-order valence-corrected chi connectivity index (χ3v) is 3.29. The van der Waals surface area contributed by atoms with Crippen molar-refractivity contribution in [2.45, 2.75) is 59.0 Å². The second-order valence-electron chi connectivity index (χ2n) is 7.32. The van der Waals surface area contributed by atoms with Crippen LogP contribution in [0.1, 0.15) is 58.2 Å². The third kappa shape index (κ3) is 4.22. The lowest BCUT2D eigenvalue weighted by Gasteiger charge is -2.28. The minimum absolute atomic E-state index is 0.0241. The highest BCUT2D eigenvalue weighted by Crippen LogP contribution is 2.39. The monoisotopic (exact) mass is 280 g/mol. The van der Waals surface area contributed by atoms with Crippen molar-refractivity contribution in [2.75, 3.05) is 13.2 Å². The van der Waals surface area contributed by atoms with E-state index >= 15 is 0 Å². The Hall–Kier alpha value is -1.06. The van der Waals surface area contributed by atoms with Gasteiger partial charge < -0.3 is 14.9 Å². The number of phenols is 1. The summed E-state index contributed by atoms with van der Waals surface area (Å²) < 4.78 is 5.41. The van der Waals surface area contributed by atoms with Gasteiger partial charge in [-0.05, 0) is 39.7 Å². The Morgan fingerprint density at radius 3 is 1.75 bits per heavy atom. The van der Waals surface area contributed by atoms with Gasteiger partial charge >= 0.3 is 0 Å². The fourth-order valence-corrected chi connectivity index (χ4v) is 2.18. The molecule has 1 aromatic carbocycles. The van der Waals surface area contributed by atoms with Crippen molar-refractivity contribution >= 4 is 0 Å². The number of rotatable bonds is 4. The van der Waals surface area contributed by atoms with Crippen molar-refractivity contribution in [2.24, 2.45) is 0 Å². The lowest BCUT2D eigenvalue weighted by Crippen LogP contribution is -2.18. The molecule has 1 aromatic rings. The van der Waals surface area contributed by atoms with Crippen LogP contribution in [-0.2, 0) is 22.2 Å². The van der Waals surface area contributed by atoms with Gasteiger partial charge in [-0.25, -0.2) is 0 Å². The first-order valence-electron chi connectivity index (χ1n) is 7.13. The van der Waals surface area contributed by atoms with Crippen molar-refractivity contribution < 1.29 is 14.9 Å². The molecule has 0 atom stereocenters. The molecule has 0 heterocycles. The molecule has 3 heteroatoms. The molecule has 0 bridgehead atoms. The molecule has 0 amide bonds. The summed E-state index contributed by atoms with van der Waals surface area (Å²) >= 11 is 0. The summed E-state index contributed by atoms with van der Waals surface area (Å²) in [7, 11) is 0. The lowest BCUT2D eigenvalue weighted by atomic mass is 9.78. The lowest BCUT2D eigenvalue weighted by molar-refractivity contribution is 0.0814. The van der Waals surface area contributed by atoms with E-state index in [1.54, 1.807) is 0 Å². The molecule has 0 saturated heterocycles. The first kappa shape index (κ1) is 17.0. The average molecular weight is 280 g/mol. The van der Waals surface area contributed by atoms with Gasteiger partial charge in [0.15, 0.2) is 0 Å². The highest BCUT2D eigenvalue weighted by molar-refractivity contribution is 5.49. The van der Waals surface area contributed by atoms with Crippen LogP contribution < -0.4 is 0 Å². The maximum absolute atomic E-state index is 10.6. The van der Waals surface area contributed by atoms with E-state index in [9.17, 15) is 5.11 Å². The largest absolute Gasteiger partial charge is 0.507 e. The van der Waals surface area contributed by atoms with Gasteiger partial charge in [-0.2, -0.15) is 0 Å². The fraction of sp³-hybridized carbons (Fsp3) is 0.647. The first-order chi connectivity index (χ1) is 9.07. The molecule has 0 fully saturated rings. The predicted octanol–water partition coefficient (Wildman–Crippen LogP) is 3.50. The summed E-state index contributed by atoms with van der Waals surface area (Å²) in [6, 6.07) is 4.00. The molecule has 114 valence electrons. The van der Waals surface area contributed by atoms with Crippen molar-refractivity contribution in [1.82, 2.24) is 0 Å². The zero-order chi connectivity index (χ0) is 15.6. The second-order valence-corrected chi connectivity index (χ2v) is 7.32. The van der Waals surface area contributed by atoms with Crippen LogP contribution in [0.5, 0.6) is 5.75 Å². The van der Waals surface area contributed by atoms with Crippen molar-refractivity contribution in [3.63, 3.8) is 0 Å². The minimum atomic E-state index is -0.128. The Balaban J connectivity index is 3.28. The van der Waals surface area contributed by atoms with Crippen molar-refractivity contribution in [1.29, 1.82) is 0 Å². The number of hydrogen-bond acceptors (Lipinski definition) is 3. The molecule has 1 rings (SSSR count). The molecule has 20 heavy (non-hydrogen) atoms. The molecular weight excluding hydrogens is 252 g/mol. The third-order valence-electron chi connectivity index (χ3n) is 3.29. The number of benzene rings is 1. The fourth-order valence-electron chi connectivity index (χ4n) is 2.18. The van der Waals surface area contributed by atoms with Gasteiger partial charge in [-0.1, -0.05) is 41.5 Å². The predicted molar refractivity (Wildman–Crippen MR) is 82.2 cm³/mol. The van der Waals surface area contributed by atoms with Crippen LogP contribution in [-0.4, -0.2) is 23.4 Å². The molecule has 0 aliphatic carbocycles. The molecule has 0 saturated carbocycles. The van der Waals surface area contributed by atoms with E-state index < -0.39 is 0 Å². The highest BCUT2D eigenvalue weighted by Gasteiger charge is 2.26. The van der Waals surface area contributed by atoms with Crippen LogP contribution in [0.3, 0.4) is 0 Å². The van der Waals surface area contributed by atoms with Gasteiger partial charge in [-0.15, -0.1) is 0 Å². The molecule has 3 nitrogen and oxygen atoms in total. The minimum Gasteiger partial charge on any atom is -0.507 e. The zero-order valence-corrected chi connectivity index (χ0v) is 13.6. The van der Waals surface area contributed by atoms with Gasteiger partial charge in [0.1, 0.15) is 5.75 Å². The van der Waals surface area contributed by atoms with Gasteiger partial charge in [0.2, 0.25) is 0 Å². The summed E-state index contributed by atoms with van der Waals surface area (Å²) in [5.41, 5.74) is 2.65. The first-order valence-corrected chi connectivity index (χ1v) is 7.13. The van der Waals surface area contributed by atoms with E-state index in [-0.39, 0.29) is 17.4 Å². The zero-order valence-electron chi connectivity index (χ0n) is 13.6. The van der Waals surface area contributed by atoms with Gasteiger partial charge in [0, 0.05) is 0 Å².